The molecule has 0 aliphatic carbocycles. The highest BCUT2D eigenvalue weighted by Gasteiger charge is 2.09. The molecule has 3 nitrogen and oxygen atoms in total. The first-order valence-corrected chi connectivity index (χ1v) is 13.1. The molecule has 0 amide bonds. The van der Waals surface area contributed by atoms with Crippen molar-refractivity contribution in [2.24, 2.45) is 11.8 Å². The van der Waals surface area contributed by atoms with Gasteiger partial charge >= 0.3 is 0 Å². The second-order valence-electron chi connectivity index (χ2n) is 10.0. The van der Waals surface area contributed by atoms with Crippen molar-refractivity contribution < 1.29 is 14.3 Å². The van der Waals surface area contributed by atoms with E-state index in [0.29, 0.717) is 30.1 Å². The summed E-state index contributed by atoms with van der Waals surface area (Å²) < 4.78 is 10.0. The van der Waals surface area contributed by atoms with Crippen LogP contribution in [0.1, 0.15) is 67.2 Å². The van der Waals surface area contributed by atoms with Crippen LogP contribution in [0, 0.1) is 11.8 Å². The lowest BCUT2D eigenvalue weighted by atomic mass is 9.91. The minimum Gasteiger partial charge on any atom is -0.497 e. The molecular formula is C35H52O3. The van der Waals surface area contributed by atoms with Crippen LogP contribution in [0.15, 0.2) is 121 Å². The average Bonchev–Trinajstić information content (AvgIpc) is 2.87. The third-order valence-electron chi connectivity index (χ3n) is 6.10. The van der Waals surface area contributed by atoms with Crippen molar-refractivity contribution in [3.8, 4) is 0 Å². The maximum atomic E-state index is 10.4. The first-order valence-electron chi connectivity index (χ1n) is 13.1. The van der Waals surface area contributed by atoms with E-state index in [9.17, 15) is 4.79 Å². The van der Waals surface area contributed by atoms with Gasteiger partial charge in [0, 0.05) is 6.42 Å². The van der Waals surface area contributed by atoms with E-state index in [4.69, 9.17) is 9.47 Å². The van der Waals surface area contributed by atoms with E-state index in [1.807, 2.05) is 45.1 Å². The second kappa shape index (κ2) is 20.7. The fourth-order valence-electron chi connectivity index (χ4n) is 3.03. The van der Waals surface area contributed by atoms with Crippen LogP contribution in [0.25, 0.3) is 0 Å². The molecule has 2 atom stereocenters. The molecule has 38 heavy (non-hydrogen) atoms. The van der Waals surface area contributed by atoms with Crippen LogP contribution in [-0.2, 0) is 14.3 Å². The van der Waals surface area contributed by atoms with Gasteiger partial charge in [0.1, 0.15) is 5.76 Å². The van der Waals surface area contributed by atoms with Gasteiger partial charge in [-0.15, -0.1) is 6.58 Å². The van der Waals surface area contributed by atoms with Crippen LogP contribution < -0.4 is 0 Å². The van der Waals surface area contributed by atoms with Gasteiger partial charge in [-0.25, -0.2) is 0 Å². The highest BCUT2D eigenvalue weighted by molar-refractivity contribution is 5.54. The smallest absolute Gasteiger partial charge is 0.293 e. The number of rotatable bonds is 18. The van der Waals surface area contributed by atoms with Crippen molar-refractivity contribution in [2.45, 2.75) is 67.2 Å². The molecule has 0 aliphatic rings. The lowest BCUT2D eigenvalue weighted by Crippen LogP contribution is -2.01. The van der Waals surface area contributed by atoms with Crippen LogP contribution in [0.2, 0.25) is 0 Å². The van der Waals surface area contributed by atoms with Gasteiger partial charge in [0.15, 0.2) is 0 Å². The Morgan fingerprint density at radius 3 is 1.89 bits per heavy atom. The molecule has 0 rings (SSSR count). The third-order valence-corrected chi connectivity index (χ3v) is 6.10. The minimum atomic E-state index is 0.233. The Kier molecular flexibility index (Phi) is 20.1. The quantitative estimate of drug-likeness (QED) is 0.0593. The van der Waals surface area contributed by atoms with Crippen molar-refractivity contribution >= 4 is 6.47 Å². The summed E-state index contributed by atoms with van der Waals surface area (Å²) in [5, 5.41) is 0. The molecule has 210 valence electrons. The highest BCUT2D eigenvalue weighted by atomic mass is 16.5. The van der Waals surface area contributed by atoms with E-state index in [1.54, 1.807) is 7.11 Å². The van der Waals surface area contributed by atoms with Crippen LogP contribution in [-0.4, -0.2) is 20.2 Å². The summed E-state index contributed by atoms with van der Waals surface area (Å²) in [6, 6.07) is 0. The van der Waals surface area contributed by atoms with E-state index in [0.717, 1.165) is 45.8 Å². The molecule has 0 aliphatic heterocycles. The molecule has 0 saturated carbocycles. The topological polar surface area (TPSA) is 35.5 Å². The van der Waals surface area contributed by atoms with Crippen molar-refractivity contribution in [1.29, 1.82) is 0 Å². The number of carbonyl (C=O) groups excluding carboxylic acids is 1. The summed E-state index contributed by atoms with van der Waals surface area (Å²) in [6.45, 7) is 41.6. The Labute approximate surface area is 234 Å². The lowest BCUT2D eigenvalue weighted by Gasteiger charge is -2.15. The summed E-state index contributed by atoms with van der Waals surface area (Å²) in [5.41, 5.74) is 7.10. The fourth-order valence-corrected chi connectivity index (χ4v) is 3.03. The molecule has 0 saturated heterocycles. The van der Waals surface area contributed by atoms with Crippen LogP contribution in [0.3, 0.4) is 0 Å². The largest absolute Gasteiger partial charge is 0.497 e. The van der Waals surface area contributed by atoms with Gasteiger partial charge in [0.25, 0.3) is 6.47 Å². The summed E-state index contributed by atoms with van der Waals surface area (Å²) in [4.78, 5) is 10.4. The first-order chi connectivity index (χ1) is 17.7. The monoisotopic (exact) mass is 520 g/mol. The summed E-state index contributed by atoms with van der Waals surface area (Å²) in [6.07, 6.45) is 11.8. The molecule has 0 spiro atoms. The van der Waals surface area contributed by atoms with Gasteiger partial charge in [0.2, 0.25) is 0 Å². The summed E-state index contributed by atoms with van der Waals surface area (Å²) >= 11 is 0. The van der Waals surface area contributed by atoms with Crippen LogP contribution in [0.5, 0.6) is 0 Å². The Morgan fingerprint density at radius 1 is 0.842 bits per heavy atom. The molecule has 3 heteroatoms. The predicted molar refractivity (Wildman–Crippen MR) is 168 cm³/mol. The number of methoxy groups -OCH3 is 1. The van der Waals surface area contributed by atoms with Crippen molar-refractivity contribution in [1.82, 2.24) is 0 Å². The van der Waals surface area contributed by atoms with E-state index in [2.05, 4.69) is 66.8 Å². The molecule has 0 heterocycles. The second-order valence-corrected chi connectivity index (χ2v) is 10.0. The number of ether oxygens (including phenoxy) is 2. The zero-order valence-corrected chi connectivity index (χ0v) is 25.3. The molecule has 2 unspecified atom stereocenters. The molecule has 0 aromatic rings. The zero-order chi connectivity index (χ0) is 29.8. The van der Waals surface area contributed by atoms with E-state index >= 15 is 0 Å². The molecule has 0 aromatic carbocycles. The number of allylic oxidation sites excluding steroid dienone is 12. The average molecular weight is 521 g/mol. The normalized spacial score (nSPS) is 12.9. The molecule has 0 N–H and O–H groups in total. The van der Waals surface area contributed by atoms with Gasteiger partial charge in [-0.2, -0.15) is 0 Å². The van der Waals surface area contributed by atoms with Crippen LogP contribution >= 0.6 is 0 Å². The molecule has 0 radical (unpaired) electrons. The maximum Gasteiger partial charge on any atom is 0.293 e. The zero-order valence-electron chi connectivity index (χ0n) is 25.3. The number of hydrogen-bond acceptors (Lipinski definition) is 3. The maximum absolute atomic E-state index is 10.4. The molecule has 0 bridgehead atoms. The highest BCUT2D eigenvalue weighted by Crippen LogP contribution is 2.25. The first kappa shape index (κ1) is 36.8. The fraction of sp³-hybridized carbons (Fsp3) is 0.400. The standard InChI is InChI=1S/C31H44O3.C4H8/c1-12-22(2)13-14-23(3)24(4)15-16-25(5)29(9)28(8)19-26(6)27(7)20-31(30(10)33-11)17-18-34-21-32;1-4(2)3/h15-16,19-23H,4-7,9-10,12-14,17-18H2,1-3,8,11H3;1H2,2-3H3/b16-15-,28-19-,31-20-;. The molecular weight excluding hydrogens is 468 g/mol. The van der Waals surface area contributed by atoms with E-state index in [1.165, 1.54) is 18.4 Å². The molecule has 0 fully saturated rings. The third kappa shape index (κ3) is 17.2. The van der Waals surface area contributed by atoms with Crippen LogP contribution in [0.4, 0.5) is 0 Å². The Balaban J connectivity index is 0. The van der Waals surface area contributed by atoms with Gasteiger partial charge < -0.3 is 9.47 Å². The summed E-state index contributed by atoms with van der Waals surface area (Å²) in [7, 11) is 1.54. The predicted octanol–water partition coefficient (Wildman–Crippen LogP) is 9.96. The van der Waals surface area contributed by atoms with Crippen molar-refractivity contribution in [2.75, 3.05) is 13.7 Å². The SMILES string of the molecule is C=C(/C=C(/C)C(=C)C(=C)/C=C\C(=C)C(C)CCC(C)CC)C(=C)/C=C(/CCOC=O)C(=C)OC.C=C(C)C. The lowest BCUT2D eigenvalue weighted by molar-refractivity contribution is -0.128. The Bertz CT molecular complexity index is 961. The van der Waals surface area contributed by atoms with Crippen molar-refractivity contribution in [3.63, 3.8) is 0 Å². The van der Waals surface area contributed by atoms with Gasteiger partial charge in [0.05, 0.1) is 13.7 Å². The Hall–Kier alpha value is -3.33. The van der Waals surface area contributed by atoms with Gasteiger partial charge in [-0.05, 0) is 78.5 Å². The Morgan fingerprint density at radius 2 is 1.39 bits per heavy atom. The minimum absolute atomic E-state index is 0.233. The van der Waals surface area contributed by atoms with E-state index < -0.39 is 0 Å². The summed E-state index contributed by atoms with van der Waals surface area (Å²) in [5.74, 6) is 1.67. The van der Waals surface area contributed by atoms with Gasteiger partial charge in [-0.1, -0.05) is 102 Å². The van der Waals surface area contributed by atoms with Gasteiger partial charge in [-0.3, -0.25) is 4.79 Å². The van der Waals surface area contributed by atoms with E-state index in [-0.39, 0.29) is 6.61 Å². The number of hydrogen-bond donors (Lipinski definition) is 0. The van der Waals surface area contributed by atoms with Crippen molar-refractivity contribution in [3.05, 3.63) is 121 Å². The molecule has 0 aromatic heterocycles. The number of carbonyl (C=O) groups is 1.